The maximum atomic E-state index is 13.1. The van der Waals surface area contributed by atoms with Crippen LogP contribution in [0.2, 0.25) is 0 Å². The highest BCUT2D eigenvalue weighted by Crippen LogP contribution is 2.32. The molecule has 2 N–H and O–H groups in total. The second-order valence-corrected chi connectivity index (χ2v) is 8.44. The summed E-state index contributed by atoms with van der Waals surface area (Å²) in [6.45, 7) is 2.65. The van der Waals surface area contributed by atoms with Crippen LogP contribution in [0.4, 0.5) is 20.4 Å². The van der Waals surface area contributed by atoms with E-state index in [2.05, 4.69) is 15.6 Å². The first-order chi connectivity index (χ1) is 16.5. The number of amides is 2. The van der Waals surface area contributed by atoms with E-state index in [1.807, 2.05) is 22.8 Å². The third kappa shape index (κ3) is 5.14. The Labute approximate surface area is 207 Å². The number of hydrogen-bond donors (Lipinski definition) is 2. The van der Waals surface area contributed by atoms with Crippen LogP contribution in [0.15, 0.2) is 42.5 Å². The number of aromatic nitrogens is 2. The topological polar surface area (TPSA) is 88.5 Å². The quantitative estimate of drug-likeness (QED) is 0.548. The molecule has 2 aliphatic heterocycles. The van der Waals surface area contributed by atoms with E-state index in [1.54, 1.807) is 4.90 Å². The lowest BCUT2D eigenvalue weighted by Gasteiger charge is -2.27. The Hall–Kier alpha value is -3.08. The lowest BCUT2D eigenvalue weighted by molar-refractivity contribution is -0.125. The van der Waals surface area contributed by atoms with Crippen molar-refractivity contribution in [3.8, 4) is 0 Å². The molecule has 2 aromatic carbocycles. The van der Waals surface area contributed by atoms with E-state index in [0.29, 0.717) is 24.6 Å². The number of halogens is 3. The van der Waals surface area contributed by atoms with Gasteiger partial charge in [-0.1, -0.05) is 12.1 Å². The largest absolute Gasteiger partial charge is 0.370 e. The molecule has 2 aliphatic rings. The average Bonchev–Trinajstić information content (AvgIpc) is 3.21. The molecule has 0 radical (unpaired) electrons. The van der Waals surface area contributed by atoms with E-state index in [0.717, 1.165) is 37.1 Å². The van der Waals surface area contributed by atoms with Crippen molar-refractivity contribution in [3.05, 3.63) is 53.6 Å². The summed E-state index contributed by atoms with van der Waals surface area (Å²) >= 11 is 0. The smallest absolute Gasteiger partial charge is 0.263 e. The van der Waals surface area contributed by atoms with Crippen molar-refractivity contribution in [2.45, 2.75) is 25.3 Å². The Morgan fingerprint density at radius 3 is 2.71 bits per heavy atom. The second-order valence-electron chi connectivity index (χ2n) is 8.44. The Morgan fingerprint density at radius 2 is 1.97 bits per heavy atom. The third-order valence-corrected chi connectivity index (χ3v) is 6.27. The zero-order valence-corrected chi connectivity index (χ0v) is 19.7. The molecule has 1 aromatic heterocycles. The highest BCUT2D eigenvalue weighted by atomic mass is 35.5. The Morgan fingerprint density at radius 1 is 1.17 bits per heavy atom. The lowest BCUT2D eigenvalue weighted by Crippen LogP contribution is -2.41. The summed E-state index contributed by atoms with van der Waals surface area (Å²) in [6.07, 6.45) is -0.939. The van der Waals surface area contributed by atoms with Crippen LogP contribution in [-0.2, 0) is 9.53 Å². The van der Waals surface area contributed by atoms with E-state index in [-0.39, 0.29) is 42.1 Å². The van der Waals surface area contributed by atoms with Gasteiger partial charge in [-0.3, -0.25) is 14.9 Å². The second kappa shape index (κ2) is 10.7. The first-order valence-corrected chi connectivity index (χ1v) is 11.3. The Bertz CT molecular complexity index is 1230. The van der Waals surface area contributed by atoms with E-state index >= 15 is 0 Å². The molecule has 2 fully saturated rings. The van der Waals surface area contributed by atoms with Crippen LogP contribution in [0.25, 0.3) is 11.0 Å². The van der Waals surface area contributed by atoms with Crippen molar-refractivity contribution in [1.82, 2.24) is 14.9 Å². The number of hydrogen-bond acceptors (Lipinski definition) is 5. The van der Waals surface area contributed by atoms with E-state index in [1.165, 1.54) is 24.3 Å². The molecular formula is C24H26ClF2N5O3. The predicted molar refractivity (Wildman–Crippen MR) is 131 cm³/mol. The maximum Gasteiger partial charge on any atom is 0.263 e. The van der Waals surface area contributed by atoms with Crippen molar-refractivity contribution in [1.29, 1.82) is 0 Å². The fourth-order valence-corrected chi connectivity index (χ4v) is 4.56. The van der Waals surface area contributed by atoms with Crippen LogP contribution in [0, 0.1) is 0 Å². The molecule has 186 valence electrons. The summed E-state index contributed by atoms with van der Waals surface area (Å²) in [5.74, 6) is -0.257. The maximum absolute atomic E-state index is 13.1. The van der Waals surface area contributed by atoms with Gasteiger partial charge in [-0.25, -0.2) is 13.8 Å². The van der Waals surface area contributed by atoms with Gasteiger partial charge in [-0.15, -0.1) is 12.4 Å². The number of imidazole rings is 1. The van der Waals surface area contributed by atoms with Gasteiger partial charge in [0, 0.05) is 29.4 Å². The van der Waals surface area contributed by atoms with Crippen molar-refractivity contribution < 1.29 is 23.1 Å². The summed E-state index contributed by atoms with van der Waals surface area (Å²) in [7, 11) is 0. The molecule has 0 atom stereocenters. The molecule has 11 heteroatoms. The fraction of sp³-hybridized carbons (Fsp3) is 0.375. The third-order valence-electron chi connectivity index (χ3n) is 6.27. The number of alkyl halides is 2. The monoisotopic (exact) mass is 505 g/mol. The van der Waals surface area contributed by atoms with Crippen LogP contribution in [-0.4, -0.2) is 54.2 Å². The lowest BCUT2D eigenvalue weighted by atomic mass is 10.1. The summed E-state index contributed by atoms with van der Waals surface area (Å²) in [6, 6.07) is 11.2. The number of rotatable bonds is 5. The molecule has 2 amide bonds. The van der Waals surface area contributed by atoms with Crippen LogP contribution in [0.5, 0.6) is 0 Å². The first-order valence-electron chi connectivity index (χ1n) is 11.3. The molecule has 0 saturated carbocycles. The molecule has 0 aliphatic carbocycles. The van der Waals surface area contributed by atoms with Crippen molar-refractivity contribution >= 4 is 46.9 Å². The van der Waals surface area contributed by atoms with Gasteiger partial charge in [-0.05, 0) is 56.3 Å². The van der Waals surface area contributed by atoms with Crippen LogP contribution >= 0.6 is 12.4 Å². The average molecular weight is 506 g/mol. The number of fused-ring (bicyclic) bond motifs is 1. The number of carbonyl (C=O) groups excluding carboxylic acids is 2. The zero-order valence-electron chi connectivity index (χ0n) is 18.9. The minimum Gasteiger partial charge on any atom is -0.370 e. The van der Waals surface area contributed by atoms with Crippen LogP contribution in [0.1, 0.15) is 41.2 Å². The van der Waals surface area contributed by atoms with Gasteiger partial charge in [0.2, 0.25) is 5.95 Å². The number of benzene rings is 2. The zero-order chi connectivity index (χ0) is 23.7. The van der Waals surface area contributed by atoms with Gasteiger partial charge in [0.05, 0.1) is 17.6 Å². The number of nitrogens with zero attached hydrogens (tertiary/aromatic N) is 3. The minimum absolute atomic E-state index is 0. The predicted octanol–water partition coefficient (Wildman–Crippen LogP) is 3.94. The number of nitrogens with one attached hydrogen (secondary N) is 2. The van der Waals surface area contributed by atoms with E-state index < -0.39 is 12.3 Å². The number of morpholine rings is 1. The Kier molecular flexibility index (Phi) is 7.63. The number of carbonyl (C=O) groups is 2. The summed E-state index contributed by atoms with van der Waals surface area (Å²) < 4.78 is 33.5. The number of piperidine rings is 1. The van der Waals surface area contributed by atoms with Crippen LogP contribution in [0.3, 0.4) is 0 Å². The molecule has 3 aromatic rings. The summed E-state index contributed by atoms with van der Waals surface area (Å²) in [5, 5.41) is 6.17. The van der Waals surface area contributed by atoms with Crippen molar-refractivity contribution in [2.75, 3.05) is 43.1 Å². The number of anilines is 2. The van der Waals surface area contributed by atoms with Gasteiger partial charge in [-0.2, -0.15) is 0 Å². The molecule has 5 rings (SSSR count). The molecule has 35 heavy (non-hydrogen) atoms. The molecule has 0 spiro atoms. The molecular weight excluding hydrogens is 480 g/mol. The summed E-state index contributed by atoms with van der Waals surface area (Å²) in [4.78, 5) is 31.6. The van der Waals surface area contributed by atoms with Crippen molar-refractivity contribution in [2.24, 2.45) is 0 Å². The molecule has 0 unspecified atom stereocenters. The van der Waals surface area contributed by atoms with Crippen molar-refractivity contribution in [3.63, 3.8) is 0 Å². The van der Waals surface area contributed by atoms with E-state index in [4.69, 9.17) is 4.74 Å². The SMILES string of the molecule is Cl.O=C(Nc1nc2cc(N3CCOCC3=O)ccc2n1C1CCNCC1)c1cccc(C(F)F)c1. The molecule has 2 saturated heterocycles. The fourth-order valence-electron chi connectivity index (χ4n) is 4.56. The highest BCUT2D eigenvalue weighted by molar-refractivity contribution is 6.04. The highest BCUT2D eigenvalue weighted by Gasteiger charge is 2.25. The normalized spacial score (nSPS) is 17.0. The first kappa shape index (κ1) is 25.0. The molecule has 8 nitrogen and oxygen atoms in total. The van der Waals surface area contributed by atoms with Gasteiger partial charge >= 0.3 is 0 Å². The van der Waals surface area contributed by atoms with Gasteiger partial charge < -0.3 is 19.5 Å². The van der Waals surface area contributed by atoms with E-state index in [9.17, 15) is 18.4 Å². The molecule has 3 heterocycles. The van der Waals surface area contributed by atoms with Crippen LogP contribution < -0.4 is 15.5 Å². The standard InChI is InChI=1S/C24H25F2N5O3.ClH/c25-22(26)15-2-1-3-16(12-15)23(33)29-24-28-19-13-18(30-10-11-34-14-21(30)32)4-5-20(19)31(24)17-6-8-27-9-7-17;/h1-5,12-13,17,22,27H,6-11,14H2,(H,28,29,33);1H. The molecule has 0 bridgehead atoms. The summed E-state index contributed by atoms with van der Waals surface area (Å²) in [5.41, 5.74) is 2.14. The Balaban J connectivity index is 0.00000289. The van der Waals surface area contributed by atoms with Gasteiger partial charge in [0.25, 0.3) is 18.2 Å². The number of ether oxygens (including phenoxy) is 1. The van der Waals surface area contributed by atoms with Gasteiger partial charge in [0.15, 0.2) is 0 Å². The minimum atomic E-state index is -2.66. The van der Waals surface area contributed by atoms with Gasteiger partial charge in [0.1, 0.15) is 6.61 Å².